The maximum absolute atomic E-state index is 12.9. The standard InChI is InChI=1S/C17H19FN4O/c18-14-6-7-15(20-12-14)21-8-10-22(11-9-21)17(23)16(19)13-4-2-1-3-5-13/h1-7,12,16H,8-11,19H2/t16-/m1/s1. The first-order chi connectivity index (χ1) is 11.1. The molecule has 2 aromatic rings. The molecule has 0 unspecified atom stereocenters. The second kappa shape index (κ2) is 6.75. The van der Waals surface area contributed by atoms with Crippen LogP contribution < -0.4 is 10.6 Å². The first kappa shape index (κ1) is 15.4. The van der Waals surface area contributed by atoms with Crippen LogP contribution in [0.1, 0.15) is 11.6 Å². The smallest absolute Gasteiger partial charge is 0.244 e. The molecule has 1 fully saturated rings. The van der Waals surface area contributed by atoms with Gasteiger partial charge < -0.3 is 15.5 Å². The molecule has 120 valence electrons. The van der Waals surface area contributed by atoms with Crippen LogP contribution in [0.5, 0.6) is 0 Å². The van der Waals surface area contributed by atoms with Gasteiger partial charge in [0.25, 0.3) is 0 Å². The van der Waals surface area contributed by atoms with Crippen LogP contribution >= 0.6 is 0 Å². The highest BCUT2D eigenvalue weighted by atomic mass is 19.1. The van der Waals surface area contributed by atoms with E-state index in [9.17, 15) is 9.18 Å². The molecule has 5 nitrogen and oxygen atoms in total. The fourth-order valence-electron chi connectivity index (χ4n) is 2.71. The van der Waals surface area contributed by atoms with Gasteiger partial charge in [-0.2, -0.15) is 0 Å². The van der Waals surface area contributed by atoms with Gasteiger partial charge in [0.1, 0.15) is 17.7 Å². The lowest BCUT2D eigenvalue weighted by molar-refractivity contribution is -0.133. The monoisotopic (exact) mass is 314 g/mol. The lowest BCUT2D eigenvalue weighted by Crippen LogP contribution is -2.51. The van der Waals surface area contributed by atoms with E-state index in [0.29, 0.717) is 26.2 Å². The van der Waals surface area contributed by atoms with E-state index in [-0.39, 0.29) is 11.7 Å². The predicted octanol–water partition coefficient (Wildman–Crippen LogP) is 1.57. The normalized spacial score (nSPS) is 16.3. The van der Waals surface area contributed by atoms with E-state index in [4.69, 9.17) is 5.73 Å². The van der Waals surface area contributed by atoms with Crippen molar-refractivity contribution in [1.82, 2.24) is 9.88 Å². The van der Waals surface area contributed by atoms with Crippen molar-refractivity contribution in [3.8, 4) is 0 Å². The molecule has 1 aliphatic heterocycles. The Morgan fingerprint density at radius 2 is 1.78 bits per heavy atom. The number of rotatable bonds is 3. The van der Waals surface area contributed by atoms with Crippen molar-refractivity contribution in [3.63, 3.8) is 0 Å². The number of nitrogens with two attached hydrogens (primary N) is 1. The maximum atomic E-state index is 12.9. The van der Waals surface area contributed by atoms with Crippen LogP contribution in [0.4, 0.5) is 10.2 Å². The van der Waals surface area contributed by atoms with Crippen molar-refractivity contribution >= 4 is 11.7 Å². The summed E-state index contributed by atoms with van der Waals surface area (Å²) < 4.78 is 12.9. The minimum atomic E-state index is -0.633. The summed E-state index contributed by atoms with van der Waals surface area (Å²) in [6.45, 7) is 2.48. The predicted molar refractivity (Wildman–Crippen MR) is 86.4 cm³/mol. The molecule has 1 atom stereocenters. The number of aromatic nitrogens is 1. The molecule has 1 aromatic carbocycles. The molecule has 1 saturated heterocycles. The van der Waals surface area contributed by atoms with Gasteiger partial charge in [-0.1, -0.05) is 30.3 Å². The molecule has 1 aliphatic rings. The van der Waals surface area contributed by atoms with Crippen molar-refractivity contribution < 1.29 is 9.18 Å². The zero-order chi connectivity index (χ0) is 16.2. The van der Waals surface area contributed by atoms with Crippen molar-refractivity contribution in [2.45, 2.75) is 6.04 Å². The summed E-state index contributed by atoms with van der Waals surface area (Å²) in [5.41, 5.74) is 6.89. The molecular formula is C17H19FN4O. The fourth-order valence-corrected chi connectivity index (χ4v) is 2.71. The van der Waals surface area contributed by atoms with Gasteiger partial charge in [-0.3, -0.25) is 4.79 Å². The maximum Gasteiger partial charge on any atom is 0.244 e. The number of piperazine rings is 1. The summed E-state index contributed by atoms with van der Waals surface area (Å²) >= 11 is 0. The summed E-state index contributed by atoms with van der Waals surface area (Å²) in [4.78, 5) is 20.4. The number of hydrogen-bond donors (Lipinski definition) is 1. The summed E-state index contributed by atoms with van der Waals surface area (Å²) in [7, 11) is 0. The molecule has 0 bridgehead atoms. The van der Waals surface area contributed by atoms with E-state index < -0.39 is 6.04 Å². The van der Waals surface area contributed by atoms with Crippen molar-refractivity contribution in [2.75, 3.05) is 31.1 Å². The molecule has 2 N–H and O–H groups in total. The lowest BCUT2D eigenvalue weighted by Gasteiger charge is -2.36. The molecule has 6 heteroatoms. The molecule has 3 rings (SSSR count). The van der Waals surface area contributed by atoms with Gasteiger partial charge in [0.2, 0.25) is 5.91 Å². The Morgan fingerprint density at radius 3 is 2.39 bits per heavy atom. The Bertz CT molecular complexity index is 654. The summed E-state index contributed by atoms with van der Waals surface area (Å²) in [6, 6.07) is 11.8. The third-order valence-electron chi connectivity index (χ3n) is 4.05. The van der Waals surface area contributed by atoms with Gasteiger partial charge in [0, 0.05) is 26.2 Å². The second-order valence-corrected chi connectivity index (χ2v) is 5.54. The third kappa shape index (κ3) is 3.48. The number of benzene rings is 1. The van der Waals surface area contributed by atoms with Crippen molar-refractivity contribution in [3.05, 3.63) is 60.0 Å². The first-order valence-electron chi connectivity index (χ1n) is 7.61. The lowest BCUT2D eigenvalue weighted by atomic mass is 10.1. The number of halogens is 1. The number of nitrogens with zero attached hydrogens (tertiary/aromatic N) is 3. The molecule has 1 aromatic heterocycles. The molecule has 1 amide bonds. The van der Waals surface area contributed by atoms with E-state index in [1.54, 1.807) is 11.0 Å². The molecular weight excluding hydrogens is 295 g/mol. The Kier molecular flexibility index (Phi) is 4.52. The minimum absolute atomic E-state index is 0.0667. The Balaban J connectivity index is 1.60. The van der Waals surface area contributed by atoms with Gasteiger partial charge in [-0.15, -0.1) is 0 Å². The third-order valence-corrected chi connectivity index (χ3v) is 4.05. The number of anilines is 1. The van der Waals surface area contributed by atoms with Crippen LogP contribution in [0, 0.1) is 5.82 Å². The van der Waals surface area contributed by atoms with E-state index in [2.05, 4.69) is 4.98 Å². The highest BCUT2D eigenvalue weighted by Gasteiger charge is 2.26. The molecule has 2 heterocycles. The van der Waals surface area contributed by atoms with Gasteiger partial charge in [-0.25, -0.2) is 9.37 Å². The van der Waals surface area contributed by atoms with Gasteiger partial charge in [-0.05, 0) is 17.7 Å². The number of amides is 1. The van der Waals surface area contributed by atoms with Crippen LogP contribution in [-0.2, 0) is 4.79 Å². The first-order valence-corrected chi connectivity index (χ1v) is 7.61. The summed E-state index contributed by atoms with van der Waals surface area (Å²) in [5, 5.41) is 0. The zero-order valence-electron chi connectivity index (χ0n) is 12.7. The minimum Gasteiger partial charge on any atom is -0.353 e. The fraction of sp³-hybridized carbons (Fsp3) is 0.294. The number of carbonyl (C=O) groups is 1. The van der Waals surface area contributed by atoms with Crippen LogP contribution in [0.3, 0.4) is 0 Å². The van der Waals surface area contributed by atoms with E-state index in [1.165, 1.54) is 12.3 Å². The Hall–Kier alpha value is -2.47. The van der Waals surface area contributed by atoms with Gasteiger partial charge >= 0.3 is 0 Å². The van der Waals surface area contributed by atoms with Crippen molar-refractivity contribution in [2.24, 2.45) is 5.73 Å². The molecule has 0 saturated carbocycles. The van der Waals surface area contributed by atoms with E-state index in [0.717, 1.165) is 11.4 Å². The molecule has 0 radical (unpaired) electrons. The Labute approximate surface area is 134 Å². The molecule has 0 spiro atoms. The molecule has 0 aliphatic carbocycles. The van der Waals surface area contributed by atoms with Crippen LogP contribution in [-0.4, -0.2) is 42.0 Å². The SMILES string of the molecule is N[C@@H](C(=O)N1CCN(c2ccc(F)cn2)CC1)c1ccccc1. The topological polar surface area (TPSA) is 62.5 Å². The average molecular weight is 314 g/mol. The average Bonchev–Trinajstić information content (AvgIpc) is 2.62. The highest BCUT2D eigenvalue weighted by molar-refractivity contribution is 5.83. The molecule has 23 heavy (non-hydrogen) atoms. The zero-order valence-corrected chi connectivity index (χ0v) is 12.7. The van der Waals surface area contributed by atoms with Gasteiger partial charge in [0.15, 0.2) is 0 Å². The quantitative estimate of drug-likeness (QED) is 0.934. The van der Waals surface area contributed by atoms with Crippen molar-refractivity contribution in [1.29, 1.82) is 0 Å². The number of pyridine rings is 1. The second-order valence-electron chi connectivity index (χ2n) is 5.54. The van der Waals surface area contributed by atoms with E-state index in [1.807, 2.05) is 35.2 Å². The van der Waals surface area contributed by atoms with E-state index >= 15 is 0 Å². The summed E-state index contributed by atoms with van der Waals surface area (Å²) in [5.74, 6) is 0.310. The number of carbonyl (C=O) groups excluding carboxylic acids is 1. The van der Waals surface area contributed by atoms with Crippen LogP contribution in [0.2, 0.25) is 0 Å². The van der Waals surface area contributed by atoms with Gasteiger partial charge in [0.05, 0.1) is 6.20 Å². The summed E-state index contributed by atoms with van der Waals surface area (Å²) in [6.07, 6.45) is 1.21. The highest BCUT2D eigenvalue weighted by Crippen LogP contribution is 2.17. The Morgan fingerprint density at radius 1 is 1.09 bits per heavy atom. The van der Waals surface area contributed by atoms with Crippen LogP contribution in [0.15, 0.2) is 48.7 Å². The number of hydrogen-bond acceptors (Lipinski definition) is 4. The largest absolute Gasteiger partial charge is 0.353 e. The van der Waals surface area contributed by atoms with Crippen LogP contribution in [0.25, 0.3) is 0 Å².